The number of amides is 1. The molecule has 0 aromatic heterocycles. The standard InChI is InChI=1S/C17H15Cl2NO/c1-9-5-13-12(11-3-4-14(18)15(19)7-11)8-17(21)20-16(13)6-10(9)2/h3-7,12H,8H2,1-2H3,(H,20,21)/t12-/m1/s1. The van der Waals surface area contributed by atoms with Gasteiger partial charge in [-0.25, -0.2) is 0 Å². The largest absolute Gasteiger partial charge is 0.326 e. The van der Waals surface area contributed by atoms with Crippen LogP contribution in [-0.4, -0.2) is 5.91 Å². The zero-order chi connectivity index (χ0) is 15.1. The molecule has 1 N–H and O–H groups in total. The van der Waals surface area contributed by atoms with Crippen LogP contribution in [-0.2, 0) is 4.79 Å². The van der Waals surface area contributed by atoms with Gasteiger partial charge in [0.15, 0.2) is 0 Å². The van der Waals surface area contributed by atoms with Crippen molar-refractivity contribution < 1.29 is 4.79 Å². The van der Waals surface area contributed by atoms with E-state index < -0.39 is 0 Å². The summed E-state index contributed by atoms with van der Waals surface area (Å²) in [7, 11) is 0. The number of carbonyl (C=O) groups is 1. The molecular weight excluding hydrogens is 305 g/mol. The first-order valence-electron chi connectivity index (χ1n) is 6.81. The van der Waals surface area contributed by atoms with Gasteiger partial charge in [-0.1, -0.05) is 35.3 Å². The van der Waals surface area contributed by atoms with Gasteiger partial charge in [-0.15, -0.1) is 0 Å². The lowest BCUT2D eigenvalue weighted by Gasteiger charge is -2.27. The molecule has 21 heavy (non-hydrogen) atoms. The Morgan fingerprint density at radius 3 is 2.48 bits per heavy atom. The van der Waals surface area contributed by atoms with Gasteiger partial charge in [0.2, 0.25) is 5.91 Å². The predicted octanol–water partition coefficient (Wildman–Crippen LogP) is 5.08. The topological polar surface area (TPSA) is 29.1 Å². The van der Waals surface area contributed by atoms with Gasteiger partial charge >= 0.3 is 0 Å². The lowest BCUT2D eigenvalue weighted by atomic mass is 9.83. The van der Waals surface area contributed by atoms with E-state index in [9.17, 15) is 4.79 Å². The van der Waals surface area contributed by atoms with Crippen LogP contribution in [0.3, 0.4) is 0 Å². The first-order valence-corrected chi connectivity index (χ1v) is 7.57. The Morgan fingerprint density at radius 2 is 1.76 bits per heavy atom. The van der Waals surface area contributed by atoms with Crippen LogP contribution in [0.15, 0.2) is 30.3 Å². The number of benzene rings is 2. The molecule has 0 fully saturated rings. The number of nitrogens with one attached hydrogen (secondary N) is 1. The molecule has 108 valence electrons. The zero-order valence-electron chi connectivity index (χ0n) is 11.8. The molecule has 1 amide bonds. The molecule has 0 bridgehead atoms. The number of fused-ring (bicyclic) bond motifs is 1. The fraction of sp³-hybridized carbons (Fsp3) is 0.235. The van der Waals surface area contributed by atoms with E-state index >= 15 is 0 Å². The van der Waals surface area contributed by atoms with E-state index in [4.69, 9.17) is 23.2 Å². The summed E-state index contributed by atoms with van der Waals surface area (Å²) in [6, 6.07) is 9.76. The third-order valence-corrected chi connectivity index (χ3v) is 4.79. The van der Waals surface area contributed by atoms with E-state index in [-0.39, 0.29) is 11.8 Å². The van der Waals surface area contributed by atoms with Crippen molar-refractivity contribution in [3.8, 4) is 0 Å². The molecule has 4 heteroatoms. The van der Waals surface area contributed by atoms with Crippen LogP contribution in [0, 0.1) is 13.8 Å². The third-order valence-electron chi connectivity index (χ3n) is 4.05. The minimum absolute atomic E-state index is 0.0165. The molecule has 2 nitrogen and oxygen atoms in total. The minimum atomic E-state index is 0.0165. The molecule has 1 atom stereocenters. The summed E-state index contributed by atoms with van der Waals surface area (Å²) in [6.45, 7) is 4.13. The third kappa shape index (κ3) is 2.66. The van der Waals surface area contributed by atoms with Gasteiger partial charge in [-0.3, -0.25) is 4.79 Å². The second kappa shape index (κ2) is 5.36. The number of hydrogen-bond acceptors (Lipinski definition) is 1. The van der Waals surface area contributed by atoms with E-state index in [1.165, 1.54) is 11.1 Å². The maximum absolute atomic E-state index is 12.0. The van der Waals surface area contributed by atoms with E-state index in [1.54, 1.807) is 6.07 Å². The number of anilines is 1. The second-order valence-electron chi connectivity index (χ2n) is 5.50. The number of carbonyl (C=O) groups excluding carboxylic acids is 1. The fourth-order valence-electron chi connectivity index (χ4n) is 2.76. The number of hydrogen-bond donors (Lipinski definition) is 1. The highest BCUT2D eigenvalue weighted by Gasteiger charge is 2.27. The molecule has 0 radical (unpaired) electrons. The summed E-state index contributed by atoms with van der Waals surface area (Å²) in [5.74, 6) is 0.0460. The SMILES string of the molecule is Cc1cc2c(cc1C)[C@@H](c1ccc(Cl)c(Cl)c1)CC(=O)N2. The summed E-state index contributed by atoms with van der Waals surface area (Å²) in [6.07, 6.45) is 0.424. The average Bonchev–Trinajstić information content (AvgIpc) is 2.43. The average molecular weight is 320 g/mol. The molecule has 1 aliphatic heterocycles. The molecule has 1 heterocycles. The number of halogens is 2. The smallest absolute Gasteiger partial charge is 0.225 e. The summed E-state index contributed by atoms with van der Waals surface area (Å²) in [4.78, 5) is 12.0. The summed E-state index contributed by atoms with van der Waals surface area (Å²) in [5, 5.41) is 4.00. The monoisotopic (exact) mass is 319 g/mol. The van der Waals surface area contributed by atoms with E-state index in [1.807, 2.05) is 25.1 Å². The Bertz CT molecular complexity index is 740. The first kappa shape index (κ1) is 14.4. The number of aryl methyl sites for hydroxylation is 2. The Hall–Kier alpha value is -1.51. The first-order chi connectivity index (χ1) is 9.95. The van der Waals surface area contributed by atoms with Crippen molar-refractivity contribution in [2.45, 2.75) is 26.2 Å². The van der Waals surface area contributed by atoms with Gasteiger partial charge in [0.1, 0.15) is 0 Å². The lowest BCUT2D eigenvalue weighted by molar-refractivity contribution is -0.116. The van der Waals surface area contributed by atoms with Crippen molar-refractivity contribution in [2.24, 2.45) is 0 Å². The Balaban J connectivity index is 2.14. The molecule has 0 unspecified atom stereocenters. The van der Waals surface area contributed by atoms with E-state index in [0.29, 0.717) is 16.5 Å². The van der Waals surface area contributed by atoms with E-state index in [0.717, 1.165) is 16.8 Å². The van der Waals surface area contributed by atoms with Gasteiger partial charge < -0.3 is 5.32 Å². The zero-order valence-corrected chi connectivity index (χ0v) is 13.3. The van der Waals surface area contributed by atoms with E-state index in [2.05, 4.69) is 18.3 Å². The van der Waals surface area contributed by atoms with Crippen LogP contribution in [0.25, 0.3) is 0 Å². The van der Waals surface area contributed by atoms with Crippen molar-refractivity contribution in [2.75, 3.05) is 5.32 Å². The molecular formula is C17H15Cl2NO. The lowest BCUT2D eigenvalue weighted by Crippen LogP contribution is -2.23. The highest BCUT2D eigenvalue weighted by atomic mass is 35.5. The van der Waals surface area contributed by atoms with Crippen molar-refractivity contribution in [1.29, 1.82) is 0 Å². The normalized spacial score (nSPS) is 17.3. The molecule has 3 rings (SSSR count). The molecule has 1 aliphatic rings. The van der Waals surface area contributed by atoms with Gasteiger partial charge in [0.05, 0.1) is 10.0 Å². The van der Waals surface area contributed by atoms with Crippen LogP contribution >= 0.6 is 23.2 Å². The molecule has 2 aromatic carbocycles. The van der Waals surface area contributed by atoms with Crippen LogP contribution < -0.4 is 5.32 Å². The van der Waals surface area contributed by atoms with Gasteiger partial charge in [0, 0.05) is 18.0 Å². The maximum atomic E-state index is 12.0. The highest BCUT2D eigenvalue weighted by molar-refractivity contribution is 6.42. The summed E-state index contributed by atoms with van der Waals surface area (Å²) >= 11 is 12.1. The Morgan fingerprint density at radius 1 is 1.05 bits per heavy atom. The van der Waals surface area contributed by atoms with Crippen molar-refractivity contribution in [3.63, 3.8) is 0 Å². The molecule has 0 saturated carbocycles. The molecule has 0 aliphatic carbocycles. The Labute approximate surface area is 134 Å². The van der Waals surface area contributed by atoms with Crippen molar-refractivity contribution in [1.82, 2.24) is 0 Å². The van der Waals surface area contributed by atoms with Crippen molar-refractivity contribution >= 4 is 34.8 Å². The summed E-state index contributed by atoms with van der Waals surface area (Å²) in [5.41, 5.74) is 5.43. The molecule has 0 spiro atoms. The quantitative estimate of drug-likeness (QED) is 0.779. The van der Waals surface area contributed by atoms with Crippen LogP contribution in [0.5, 0.6) is 0 Å². The highest BCUT2D eigenvalue weighted by Crippen LogP contribution is 2.39. The maximum Gasteiger partial charge on any atom is 0.225 e. The molecule has 0 saturated heterocycles. The predicted molar refractivity (Wildman–Crippen MR) is 87.5 cm³/mol. The van der Waals surface area contributed by atoms with Gasteiger partial charge in [-0.05, 0) is 54.3 Å². The molecule has 2 aromatic rings. The van der Waals surface area contributed by atoms with Crippen molar-refractivity contribution in [3.05, 3.63) is 62.6 Å². The van der Waals surface area contributed by atoms with Crippen LogP contribution in [0.4, 0.5) is 5.69 Å². The minimum Gasteiger partial charge on any atom is -0.326 e. The van der Waals surface area contributed by atoms with Gasteiger partial charge in [0.25, 0.3) is 0 Å². The fourth-order valence-corrected chi connectivity index (χ4v) is 3.06. The Kier molecular flexibility index (Phi) is 3.68. The van der Waals surface area contributed by atoms with Gasteiger partial charge in [-0.2, -0.15) is 0 Å². The second-order valence-corrected chi connectivity index (χ2v) is 6.32. The number of rotatable bonds is 1. The van der Waals surface area contributed by atoms with Crippen LogP contribution in [0.1, 0.15) is 34.6 Å². The summed E-state index contributed by atoms with van der Waals surface area (Å²) < 4.78 is 0. The van der Waals surface area contributed by atoms with Crippen LogP contribution in [0.2, 0.25) is 10.0 Å².